The van der Waals surface area contributed by atoms with Gasteiger partial charge in [0.25, 0.3) is 5.78 Å². The molecule has 0 spiro atoms. The molecule has 0 saturated heterocycles. The second-order valence-corrected chi connectivity index (χ2v) is 2.39. The van der Waals surface area contributed by atoms with Gasteiger partial charge in [-0.25, -0.2) is 4.79 Å². The van der Waals surface area contributed by atoms with E-state index in [2.05, 4.69) is 4.74 Å². The first-order valence-electron chi connectivity index (χ1n) is 3.64. The predicted octanol–water partition coefficient (Wildman–Crippen LogP) is 0.839. The van der Waals surface area contributed by atoms with Crippen LogP contribution in [-0.2, 0) is 14.3 Å². The van der Waals surface area contributed by atoms with Crippen LogP contribution in [0, 0.1) is 0 Å². The van der Waals surface area contributed by atoms with E-state index < -0.39 is 11.8 Å². The third-order valence-corrected chi connectivity index (χ3v) is 1.35. The Labute approximate surface area is 65.0 Å². The zero-order chi connectivity index (χ0) is 8.27. The molecule has 0 N–H and O–H groups in total. The van der Waals surface area contributed by atoms with Crippen LogP contribution in [-0.4, -0.2) is 18.4 Å². The second-order valence-electron chi connectivity index (χ2n) is 2.39. The number of allylic oxidation sites excluding steroid dienone is 1. The first kappa shape index (κ1) is 7.98. The fourth-order valence-electron chi connectivity index (χ4n) is 0.663. The minimum Gasteiger partial charge on any atom is -0.460 e. The van der Waals surface area contributed by atoms with Gasteiger partial charge in [0.1, 0.15) is 0 Å². The van der Waals surface area contributed by atoms with Gasteiger partial charge >= 0.3 is 5.97 Å². The number of esters is 1. The van der Waals surface area contributed by atoms with Crippen LogP contribution in [0.3, 0.4) is 0 Å². The van der Waals surface area contributed by atoms with Crippen LogP contribution < -0.4 is 0 Å². The van der Waals surface area contributed by atoms with E-state index in [0.717, 1.165) is 18.4 Å². The van der Waals surface area contributed by atoms with Gasteiger partial charge in [0.2, 0.25) is 0 Å². The first-order chi connectivity index (χ1) is 5.24. The van der Waals surface area contributed by atoms with Gasteiger partial charge in [-0.05, 0) is 25.8 Å². The molecule has 1 rings (SSSR count). The Hall–Kier alpha value is -1.12. The normalized spacial score (nSPS) is 14.1. The molecule has 0 atom stereocenters. The number of rotatable bonds is 3. The highest BCUT2D eigenvalue weighted by atomic mass is 16.5. The van der Waals surface area contributed by atoms with Crippen molar-refractivity contribution in [2.24, 2.45) is 0 Å². The van der Waals surface area contributed by atoms with Crippen molar-refractivity contribution < 1.29 is 14.3 Å². The summed E-state index contributed by atoms with van der Waals surface area (Å²) in [5, 5.41) is 0. The van der Waals surface area contributed by atoms with E-state index in [0.29, 0.717) is 0 Å². The van der Waals surface area contributed by atoms with Gasteiger partial charge in [0.15, 0.2) is 0 Å². The Morgan fingerprint density at radius 2 is 2.18 bits per heavy atom. The smallest absolute Gasteiger partial charge is 0.379 e. The molecular formula is C8H10O3. The standard InChI is InChI=1S/C8H10O3/c1-2-11-8(10)7(9)5-6-3-4-6/h5H,2-4H2,1H3. The van der Waals surface area contributed by atoms with Gasteiger partial charge in [0.05, 0.1) is 6.61 Å². The molecule has 0 unspecified atom stereocenters. The molecule has 0 aromatic rings. The molecule has 3 nitrogen and oxygen atoms in total. The fourth-order valence-corrected chi connectivity index (χ4v) is 0.663. The Morgan fingerprint density at radius 1 is 1.55 bits per heavy atom. The third kappa shape index (κ3) is 2.53. The molecule has 0 aromatic heterocycles. The first-order valence-corrected chi connectivity index (χ1v) is 3.64. The fraction of sp³-hybridized carbons (Fsp3) is 0.500. The Kier molecular flexibility index (Phi) is 2.41. The van der Waals surface area contributed by atoms with Gasteiger partial charge in [-0.15, -0.1) is 0 Å². The lowest BCUT2D eigenvalue weighted by atomic mass is 10.3. The summed E-state index contributed by atoms with van der Waals surface area (Å²) >= 11 is 0. The van der Waals surface area contributed by atoms with E-state index in [1.54, 1.807) is 6.92 Å². The quantitative estimate of drug-likeness (QED) is 0.343. The van der Waals surface area contributed by atoms with Crippen molar-refractivity contribution in [1.29, 1.82) is 0 Å². The molecule has 0 heterocycles. The maximum Gasteiger partial charge on any atom is 0.379 e. The van der Waals surface area contributed by atoms with Crippen molar-refractivity contribution in [2.75, 3.05) is 6.61 Å². The summed E-state index contributed by atoms with van der Waals surface area (Å²) in [5.41, 5.74) is 1.04. The molecule has 0 aliphatic heterocycles. The predicted molar refractivity (Wildman–Crippen MR) is 39.0 cm³/mol. The summed E-state index contributed by atoms with van der Waals surface area (Å²) in [4.78, 5) is 21.5. The highest BCUT2D eigenvalue weighted by molar-refractivity contribution is 6.38. The van der Waals surface area contributed by atoms with Gasteiger partial charge < -0.3 is 4.74 Å². The van der Waals surface area contributed by atoms with E-state index in [9.17, 15) is 9.59 Å². The molecule has 11 heavy (non-hydrogen) atoms. The number of hydrogen-bond acceptors (Lipinski definition) is 3. The largest absolute Gasteiger partial charge is 0.460 e. The minimum atomic E-state index is -0.744. The van der Waals surface area contributed by atoms with Crippen LogP contribution >= 0.6 is 0 Å². The molecule has 1 aliphatic carbocycles. The van der Waals surface area contributed by atoms with Crippen LogP contribution in [0.15, 0.2) is 11.6 Å². The summed E-state index contributed by atoms with van der Waals surface area (Å²) in [7, 11) is 0. The third-order valence-electron chi connectivity index (χ3n) is 1.35. The van der Waals surface area contributed by atoms with Crippen molar-refractivity contribution in [2.45, 2.75) is 19.8 Å². The Morgan fingerprint density at radius 3 is 2.64 bits per heavy atom. The van der Waals surface area contributed by atoms with Gasteiger partial charge in [-0.3, -0.25) is 4.79 Å². The summed E-state index contributed by atoms with van der Waals surface area (Å²) in [6.45, 7) is 1.93. The molecule has 0 bridgehead atoms. The topological polar surface area (TPSA) is 43.4 Å². The number of carbonyl (C=O) groups excluding carboxylic acids is 2. The van der Waals surface area contributed by atoms with E-state index in [4.69, 9.17) is 0 Å². The molecule has 1 aliphatic rings. The van der Waals surface area contributed by atoms with E-state index in [-0.39, 0.29) is 6.61 Å². The summed E-state index contributed by atoms with van der Waals surface area (Å²) in [6, 6.07) is 0. The zero-order valence-electron chi connectivity index (χ0n) is 6.42. The van der Waals surface area contributed by atoms with Crippen molar-refractivity contribution in [3.8, 4) is 0 Å². The summed E-state index contributed by atoms with van der Waals surface area (Å²) < 4.78 is 4.50. The van der Waals surface area contributed by atoms with Crippen LogP contribution in [0.25, 0.3) is 0 Å². The van der Waals surface area contributed by atoms with Crippen molar-refractivity contribution >= 4 is 11.8 Å². The molecular weight excluding hydrogens is 144 g/mol. The SMILES string of the molecule is CCOC(=O)C(=O)C=C1CC1. The molecule has 60 valence electrons. The summed E-state index contributed by atoms with van der Waals surface area (Å²) in [6.07, 6.45) is 3.27. The van der Waals surface area contributed by atoms with Crippen molar-refractivity contribution in [1.82, 2.24) is 0 Å². The molecule has 1 fully saturated rings. The van der Waals surface area contributed by atoms with Gasteiger partial charge in [-0.2, -0.15) is 0 Å². The van der Waals surface area contributed by atoms with E-state index >= 15 is 0 Å². The Balaban J connectivity index is 2.40. The molecule has 0 radical (unpaired) electrons. The van der Waals surface area contributed by atoms with E-state index in [1.807, 2.05) is 0 Å². The number of ketones is 1. The zero-order valence-corrected chi connectivity index (χ0v) is 6.42. The van der Waals surface area contributed by atoms with Gasteiger partial charge in [-0.1, -0.05) is 5.57 Å². The van der Waals surface area contributed by atoms with Crippen LogP contribution in [0.5, 0.6) is 0 Å². The summed E-state index contributed by atoms with van der Waals surface area (Å²) in [5.74, 6) is -1.27. The average molecular weight is 154 g/mol. The van der Waals surface area contributed by atoms with Crippen molar-refractivity contribution in [3.05, 3.63) is 11.6 Å². The van der Waals surface area contributed by atoms with Crippen LogP contribution in [0.2, 0.25) is 0 Å². The maximum absolute atomic E-state index is 10.8. The number of hydrogen-bond donors (Lipinski definition) is 0. The van der Waals surface area contributed by atoms with Crippen molar-refractivity contribution in [3.63, 3.8) is 0 Å². The van der Waals surface area contributed by atoms with Crippen LogP contribution in [0.1, 0.15) is 19.8 Å². The lowest BCUT2D eigenvalue weighted by Crippen LogP contribution is -2.14. The highest BCUT2D eigenvalue weighted by Gasteiger charge is 2.17. The molecule has 3 heteroatoms. The lowest BCUT2D eigenvalue weighted by Gasteiger charge is -1.94. The lowest BCUT2D eigenvalue weighted by molar-refractivity contribution is -0.151. The number of carbonyl (C=O) groups is 2. The van der Waals surface area contributed by atoms with Crippen LogP contribution in [0.4, 0.5) is 0 Å². The highest BCUT2D eigenvalue weighted by Crippen LogP contribution is 2.27. The molecule has 0 aromatic carbocycles. The van der Waals surface area contributed by atoms with E-state index in [1.165, 1.54) is 6.08 Å². The molecule has 0 amide bonds. The second kappa shape index (κ2) is 3.32. The average Bonchev–Trinajstić information content (AvgIpc) is 2.72. The monoisotopic (exact) mass is 154 g/mol. The number of ether oxygens (including phenoxy) is 1. The Bertz CT molecular complexity index is 209. The van der Waals surface area contributed by atoms with Gasteiger partial charge in [0, 0.05) is 0 Å². The maximum atomic E-state index is 10.8. The minimum absolute atomic E-state index is 0.258. The molecule has 1 saturated carbocycles.